The van der Waals surface area contributed by atoms with Crippen LogP contribution in [0.1, 0.15) is 60.8 Å². The van der Waals surface area contributed by atoms with Crippen LogP contribution in [0.15, 0.2) is 0 Å². The molecule has 1 N–H and O–H groups in total. The largest absolute Gasteiger partial charge is 0.366 e. The minimum Gasteiger partial charge on any atom is -0.366 e. The third-order valence-electron chi connectivity index (χ3n) is 5.02. The van der Waals surface area contributed by atoms with E-state index in [1.165, 1.54) is 19.3 Å². The third-order valence-corrected chi connectivity index (χ3v) is 5.02. The van der Waals surface area contributed by atoms with Crippen LogP contribution in [0, 0.1) is 17.3 Å². The first-order valence-corrected chi connectivity index (χ1v) is 7.57. The first-order valence-electron chi connectivity index (χ1n) is 7.57. The molecule has 0 aromatic carbocycles. The Hall–Kier alpha value is -0.0800. The molecule has 2 nitrogen and oxygen atoms in total. The summed E-state index contributed by atoms with van der Waals surface area (Å²) in [6, 6.07) is 0. The lowest BCUT2D eigenvalue weighted by Crippen LogP contribution is -2.63. The molecule has 2 aliphatic rings. The second-order valence-electron chi connectivity index (χ2n) is 8.21. The van der Waals surface area contributed by atoms with Crippen molar-refractivity contribution in [2.45, 2.75) is 72.0 Å². The van der Waals surface area contributed by atoms with Gasteiger partial charge in [0, 0.05) is 13.1 Å². The molecule has 106 valence electrons. The fourth-order valence-electron chi connectivity index (χ4n) is 4.31. The quantitative estimate of drug-likeness (QED) is 0.771. The average molecular weight is 253 g/mol. The van der Waals surface area contributed by atoms with Crippen molar-refractivity contribution >= 4 is 0 Å². The van der Waals surface area contributed by atoms with E-state index in [-0.39, 0.29) is 11.2 Å². The number of nitrogens with one attached hydrogen (secondary N) is 1. The Morgan fingerprint density at radius 3 is 2.33 bits per heavy atom. The topological polar surface area (TPSA) is 21.3 Å². The van der Waals surface area contributed by atoms with E-state index in [2.05, 4.69) is 46.9 Å². The van der Waals surface area contributed by atoms with Gasteiger partial charge >= 0.3 is 0 Å². The van der Waals surface area contributed by atoms with Gasteiger partial charge in [0.05, 0.1) is 11.2 Å². The van der Waals surface area contributed by atoms with E-state index in [4.69, 9.17) is 4.74 Å². The molecule has 1 spiro atoms. The zero-order valence-electron chi connectivity index (χ0n) is 13.1. The summed E-state index contributed by atoms with van der Waals surface area (Å²) in [5.41, 5.74) is 0.471. The van der Waals surface area contributed by atoms with E-state index < -0.39 is 0 Å². The molecule has 1 saturated carbocycles. The summed E-state index contributed by atoms with van der Waals surface area (Å²) >= 11 is 0. The minimum absolute atomic E-state index is 0.00854. The van der Waals surface area contributed by atoms with E-state index in [1.54, 1.807) is 0 Å². The van der Waals surface area contributed by atoms with Crippen molar-refractivity contribution in [3.63, 3.8) is 0 Å². The van der Waals surface area contributed by atoms with Gasteiger partial charge in [-0.1, -0.05) is 34.6 Å². The number of rotatable bonds is 1. The standard InChI is InChI=1S/C16H31NO/c1-12(2)15(6)10-17-11-16(18-15)8-13(3)7-14(4,5)9-16/h12-13,17H,7-11H2,1-6H3. The molecule has 1 heterocycles. The Bertz CT molecular complexity index is 312. The highest BCUT2D eigenvalue weighted by Gasteiger charge is 2.50. The van der Waals surface area contributed by atoms with Crippen LogP contribution >= 0.6 is 0 Å². The molecular weight excluding hydrogens is 222 g/mol. The van der Waals surface area contributed by atoms with Gasteiger partial charge in [-0.2, -0.15) is 0 Å². The molecule has 3 unspecified atom stereocenters. The molecule has 2 heteroatoms. The SMILES string of the molecule is CC1CC(C)(C)CC2(CNCC(C)(C(C)C)O2)C1. The molecule has 0 radical (unpaired) electrons. The van der Waals surface area contributed by atoms with Gasteiger partial charge in [0.25, 0.3) is 0 Å². The van der Waals surface area contributed by atoms with E-state index in [9.17, 15) is 0 Å². The monoisotopic (exact) mass is 253 g/mol. The minimum atomic E-state index is -0.00854. The number of hydrogen-bond acceptors (Lipinski definition) is 2. The van der Waals surface area contributed by atoms with Gasteiger partial charge in [-0.25, -0.2) is 0 Å². The van der Waals surface area contributed by atoms with Crippen LogP contribution in [0.3, 0.4) is 0 Å². The Balaban J connectivity index is 2.20. The molecule has 3 atom stereocenters. The predicted molar refractivity (Wildman–Crippen MR) is 76.7 cm³/mol. The molecular formula is C16H31NO. The number of hydrogen-bond donors (Lipinski definition) is 1. The number of morpholine rings is 1. The first kappa shape index (κ1) is 14.3. The van der Waals surface area contributed by atoms with Crippen LogP contribution in [0.4, 0.5) is 0 Å². The summed E-state index contributed by atoms with van der Waals surface area (Å²) in [5.74, 6) is 1.33. The fourth-order valence-corrected chi connectivity index (χ4v) is 4.31. The van der Waals surface area contributed by atoms with Crippen molar-refractivity contribution in [1.82, 2.24) is 5.32 Å². The lowest BCUT2D eigenvalue weighted by atomic mass is 9.65. The van der Waals surface area contributed by atoms with Crippen LogP contribution in [0.2, 0.25) is 0 Å². The summed E-state index contributed by atoms with van der Waals surface area (Å²) < 4.78 is 6.71. The number of ether oxygens (including phenoxy) is 1. The second-order valence-corrected chi connectivity index (χ2v) is 8.21. The predicted octanol–water partition coefficient (Wildman–Crippen LogP) is 3.61. The van der Waals surface area contributed by atoms with Crippen LogP contribution in [-0.2, 0) is 4.74 Å². The van der Waals surface area contributed by atoms with Crippen molar-refractivity contribution in [3.05, 3.63) is 0 Å². The summed E-state index contributed by atoms with van der Waals surface area (Å²) in [6.07, 6.45) is 3.74. The summed E-state index contributed by atoms with van der Waals surface area (Å²) in [5, 5.41) is 3.65. The molecule has 1 saturated heterocycles. The maximum absolute atomic E-state index is 6.71. The molecule has 0 aromatic rings. The van der Waals surface area contributed by atoms with Crippen LogP contribution in [-0.4, -0.2) is 24.3 Å². The Morgan fingerprint density at radius 1 is 1.11 bits per heavy atom. The van der Waals surface area contributed by atoms with Gasteiger partial charge in [0.1, 0.15) is 0 Å². The Kier molecular flexibility index (Phi) is 3.57. The van der Waals surface area contributed by atoms with E-state index >= 15 is 0 Å². The molecule has 2 fully saturated rings. The maximum Gasteiger partial charge on any atom is 0.0822 e. The zero-order valence-corrected chi connectivity index (χ0v) is 13.1. The highest BCUT2D eigenvalue weighted by atomic mass is 16.5. The third kappa shape index (κ3) is 2.75. The van der Waals surface area contributed by atoms with E-state index in [0.717, 1.165) is 19.0 Å². The zero-order chi connectivity index (χ0) is 13.6. The van der Waals surface area contributed by atoms with Gasteiger partial charge in [-0.05, 0) is 43.4 Å². The van der Waals surface area contributed by atoms with Crippen LogP contribution in [0.25, 0.3) is 0 Å². The van der Waals surface area contributed by atoms with Gasteiger partial charge < -0.3 is 10.1 Å². The fraction of sp³-hybridized carbons (Fsp3) is 1.00. The highest BCUT2D eigenvalue weighted by molar-refractivity contribution is 5.02. The molecule has 0 aromatic heterocycles. The molecule has 18 heavy (non-hydrogen) atoms. The Morgan fingerprint density at radius 2 is 1.78 bits per heavy atom. The second kappa shape index (κ2) is 4.49. The van der Waals surface area contributed by atoms with Crippen molar-refractivity contribution in [2.75, 3.05) is 13.1 Å². The summed E-state index contributed by atoms with van der Waals surface area (Å²) in [6.45, 7) is 16.0. The highest BCUT2D eigenvalue weighted by Crippen LogP contribution is 2.48. The normalized spacial score (nSPS) is 44.5. The van der Waals surface area contributed by atoms with E-state index in [1.807, 2.05) is 0 Å². The van der Waals surface area contributed by atoms with Crippen molar-refractivity contribution in [2.24, 2.45) is 17.3 Å². The van der Waals surface area contributed by atoms with Gasteiger partial charge in [0.2, 0.25) is 0 Å². The first-order chi connectivity index (χ1) is 8.17. The van der Waals surface area contributed by atoms with Crippen LogP contribution in [0.5, 0.6) is 0 Å². The maximum atomic E-state index is 6.71. The lowest BCUT2D eigenvalue weighted by molar-refractivity contribution is -0.219. The Labute approximate surface area is 113 Å². The van der Waals surface area contributed by atoms with Gasteiger partial charge in [0.15, 0.2) is 0 Å². The lowest BCUT2D eigenvalue weighted by Gasteiger charge is -2.55. The summed E-state index contributed by atoms with van der Waals surface area (Å²) in [4.78, 5) is 0. The molecule has 0 bridgehead atoms. The average Bonchev–Trinajstić information content (AvgIpc) is 2.12. The summed E-state index contributed by atoms with van der Waals surface area (Å²) in [7, 11) is 0. The smallest absolute Gasteiger partial charge is 0.0822 e. The molecule has 0 amide bonds. The molecule has 1 aliphatic carbocycles. The van der Waals surface area contributed by atoms with Gasteiger partial charge in [-0.3, -0.25) is 0 Å². The van der Waals surface area contributed by atoms with Crippen LogP contribution < -0.4 is 5.32 Å². The van der Waals surface area contributed by atoms with Crippen molar-refractivity contribution in [1.29, 1.82) is 0 Å². The van der Waals surface area contributed by atoms with E-state index in [0.29, 0.717) is 11.3 Å². The van der Waals surface area contributed by atoms with Gasteiger partial charge in [-0.15, -0.1) is 0 Å². The molecule has 2 rings (SSSR count). The molecule has 1 aliphatic heterocycles. The van der Waals surface area contributed by atoms with Crippen molar-refractivity contribution < 1.29 is 4.74 Å². The van der Waals surface area contributed by atoms with Crippen molar-refractivity contribution in [3.8, 4) is 0 Å².